The number of nitrogens with zero attached hydrogens (tertiary/aromatic N) is 2. The molecule has 2 aliphatic rings. The van der Waals surface area contributed by atoms with Crippen LogP contribution in [0.1, 0.15) is 69.9 Å². The molecule has 0 bridgehead atoms. The molecule has 2 fully saturated rings. The van der Waals surface area contributed by atoms with Crippen molar-refractivity contribution in [3.63, 3.8) is 0 Å². The number of piperidine rings is 1. The van der Waals surface area contributed by atoms with Gasteiger partial charge in [-0.05, 0) is 130 Å². The average molecular weight is 571 g/mol. The molecule has 1 aliphatic heterocycles. The van der Waals surface area contributed by atoms with E-state index in [2.05, 4.69) is 57.3 Å². The number of aromatic amines is 1. The molecule has 4 rings (SSSR count). The number of pyridine rings is 1. The summed E-state index contributed by atoms with van der Waals surface area (Å²) in [5, 5.41) is 7.15. The van der Waals surface area contributed by atoms with E-state index < -0.39 is 0 Å². The highest BCUT2D eigenvalue weighted by atomic mass is 79.9. The Bertz CT molecular complexity index is 1170. The lowest BCUT2D eigenvalue weighted by atomic mass is 10.1. The maximum atomic E-state index is 13.1. The van der Waals surface area contributed by atoms with Gasteiger partial charge in [0.2, 0.25) is 0 Å². The van der Waals surface area contributed by atoms with Crippen LogP contribution in [0.15, 0.2) is 56.1 Å². The van der Waals surface area contributed by atoms with Crippen molar-refractivity contribution in [2.24, 2.45) is 4.99 Å². The topological polar surface area (TPSA) is 81.8 Å². The molecular formula is C29H40BrN5O2. The number of H-pyrrole nitrogens is 1. The van der Waals surface area contributed by atoms with E-state index in [0.717, 1.165) is 78.1 Å². The minimum atomic E-state index is -0.180. The zero-order valence-corrected chi connectivity index (χ0v) is 24.1. The number of hydrogen-bond acceptors (Lipinski definition) is 5. The van der Waals surface area contributed by atoms with Gasteiger partial charge >= 0.3 is 0 Å². The Morgan fingerprint density at radius 3 is 2.49 bits per heavy atom. The highest BCUT2D eigenvalue weighted by Gasteiger charge is 2.21. The van der Waals surface area contributed by atoms with Gasteiger partial charge in [0.1, 0.15) is 17.4 Å². The zero-order chi connectivity index (χ0) is 26.4. The molecule has 1 aromatic carbocycles. The monoisotopic (exact) mass is 569 g/mol. The van der Waals surface area contributed by atoms with Crippen molar-refractivity contribution in [3.05, 3.63) is 67.8 Å². The molecule has 2 aromatic rings. The molecule has 1 saturated carbocycles. The van der Waals surface area contributed by atoms with Gasteiger partial charge in [-0.15, -0.1) is 0 Å². The molecule has 0 unspecified atom stereocenters. The first-order valence-corrected chi connectivity index (χ1v) is 14.3. The van der Waals surface area contributed by atoms with Crippen LogP contribution >= 0.6 is 15.9 Å². The standard InChI is InChI=1S/C29H40BrN5O2/c1-5-19(2)27(32-22-14-16-35(4)17-15-22)34-28(26-20(3)25(30)18-31-29(26)36)33-21-10-12-24(13-11-21)37-23-8-6-7-9-23/h10-13,18,22-23,32H,5-9,14-17H2,1-4H3,(H,31,36)(H,33,34). The van der Waals surface area contributed by atoms with Gasteiger partial charge in [0.15, 0.2) is 0 Å². The van der Waals surface area contributed by atoms with E-state index >= 15 is 0 Å². The van der Waals surface area contributed by atoms with Crippen molar-refractivity contribution < 1.29 is 4.74 Å². The molecule has 1 saturated heterocycles. The predicted octanol–water partition coefficient (Wildman–Crippen LogP) is 5.95. The molecule has 8 heteroatoms. The summed E-state index contributed by atoms with van der Waals surface area (Å²) in [6.07, 6.45) is 9.71. The summed E-state index contributed by atoms with van der Waals surface area (Å²) < 4.78 is 6.97. The third-order valence-corrected chi connectivity index (χ3v) is 8.29. The zero-order valence-electron chi connectivity index (χ0n) is 22.5. The smallest absolute Gasteiger partial charge is 0.259 e. The first kappa shape index (κ1) is 27.5. The van der Waals surface area contributed by atoms with Crippen LogP contribution in [-0.2, 0) is 0 Å². The maximum absolute atomic E-state index is 13.1. The Hall–Kier alpha value is -2.58. The molecule has 3 N–H and O–H groups in total. The van der Waals surface area contributed by atoms with Crippen molar-refractivity contribution in [3.8, 4) is 5.75 Å². The maximum Gasteiger partial charge on any atom is 0.259 e. The molecule has 0 amide bonds. The highest BCUT2D eigenvalue weighted by Crippen LogP contribution is 2.26. The van der Waals surface area contributed by atoms with Gasteiger partial charge in [-0.2, -0.15) is 0 Å². The molecule has 37 heavy (non-hydrogen) atoms. The summed E-state index contributed by atoms with van der Waals surface area (Å²) in [5.41, 5.74) is 3.18. The Morgan fingerprint density at radius 2 is 1.84 bits per heavy atom. The molecule has 0 spiro atoms. The fourth-order valence-electron chi connectivity index (χ4n) is 4.86. The molecular weight excluding hydrogens is 530 g/mol. The second-order valence-electron chi connectivity index (χ2n) is 10.3. The van der Waals surface area contributed by atoms with Gasteiger partial charge in [-0.1, -0.05) is 6.92 Å². The predicted molar refractivity (Wildman–Crippen MR) is 156 cm³/mol. The summed E-state index contributed by atoms with van der Waals surface area (Å²) in [4.78, 5) is 23.3. The summed E-state index contributed by atoms with van der Waals surface area (Å²) in [5.74, 6) is 2.23. The van der Waals surface area contributed by atoms with Crippen LogP contribution in [0.4, 0.5) is 5.69 Å². The van der Waals surface area contributed by atoms with Gasteiger partial charge in [0, 0.05) is 22.4 Å². The third kappa shape index (κ3) is 7.26. The number of amidine groups is 1. The summed E-state index contributed by atoms with van der Waals surface area (Å²) in [6, 6.07) is 8.30. The average Bonchev–Trinajstić information content (AvgIpc) is 3.41. The minimum absolute atomic E-state index is 0.180. The number of benzene rings is 1. The Balaban J connectivity index is 1.66. The lowest BCUT2D eigenvalue weighted by Crippen LogP contribution is -2.40. The molecule has 200 valence electrons. The molecule has 0 radical (unpaired) electrons. The lowest BCUT2D eigenvalue weighted by molar-refractivity contribution is 0.210. The van der Waals surface area contributed by atoms with Crippen molar-refractivity contribution in [1.82, 2.24) is 15.2 Å². The number of anilines is 1. The quantitative estimate of drug-likeness (QED) is 0.270. The van der Waals surface area contributed by atoms with E-state index in [1.54, 1.807) is 6.20 Å². The van der Waals surface area contributed by atoms with E-state index in [4.69, 9.17) is 9.73 Å². The van der Waals surface area contributed by atoms with Crippen LogP contribution in [0, 0.1) is 6.92 Å². The van der Waals surface area contributed by atoms with Gasteiger partial charge in [0.25, 0.3) is 5.56 Å². The number of rotatable bonds is 8. The summed E-state index contributed by atoms with van der Waals surface area (Å²) >= 11 is 3.58. The van der Waals surface area contributed by atoms with Gasteiger partial charge in [0.05, 0.1) is 11.7 Å². The van der Waals surface area contributed by atoms with E-state index in [-0.39, 0.29) is 5.56 Å². The SMILES string of the molecule is CCC(C)=C(/N=C(/Nc1ccc(OC2CCCC2)cc1)c1c(C)c(Br)c[nH]c1=O)NC1CCN(C)CC1. The van der Waals surface area contributed by atoms with Crippen LogP contribution in [0.25, 0.3) is 0 Å². The molecule has 2 heterocycles. The number of hydrogen-bond donors (Lipinski definition) is 3. The number of allylic oxidation sites excluding steroid dienone is 1. The van der Waals surface area contributed by atoms with E-state index in [9.17, 15) is 4.79 Å². The molecule has 1 aliphatic carbocycles. The fourth-order valence-corrected chi connectivity index (χ4v) is 5.17. The third-order valence-electron chi connectivity index (χ3n) is 7.47. The normalized spacial score (nSPS) is 18.6. The van der Waals surface area contributed by atoms with Crippen LogP contribution in [0.2, 0.25) is 0 Å². The fraction of sp³-hybridized carbons (Fsp3) is 0.517. The molecule has 0 atom stereocenters. The number of aliphatic imine (C=N–C) groups is 1. The highest BCUT2D eigenvalue weighted by molar-refractivity contribution is 9.10. The van der Waals surface area contributed by atoms with E-state index in [1.807, 2.05) is 31.2 Å². The Labute approximate surface area is 228 Å². The first-order valence-electron chi connectivity index (χ1n) is 13.5. The first-order chi connectivity index (χ1) is 17.8. The number of aromatic nitrogens is 1. The van der Waals surface area contributed by atoms with Crippen molar-refractivity contribution >= 4 is 27.5 Å². The van der Waals surface area contributed by atoms with Crippen molar-refractivity contribution in [2.45, 2.75) is 77.9 Å². The van der Waals surface area contributed by atoms with Crippen LogP contribution < -0.4 is 20.9 Å². The van der Waals surface area contributed by atoms with E-state index in [0.29, 0.717) is 23.5 Å². The van der Waals surface area contributed by atoms with Crippen LogP contribution in [0.3, 0.4) is 0 Å². The second kappa shape index (κ2) is 12.8. The van der Waals surface area contributed by atoms with Gasteiger partial charge in [-0.25, -0.2) is 4.99 Å². The number of likely N-dealkylation sites (tertiary alicyclic amines) is 1. The molecule has 7 nitrogen and oxygen atoms in total. The summed E-state index contributed by atoms with van der Waals surface area (Å²) in [6.45, 7) is 8.29. The van der Waals surface area contributed by atoms with Crippen LogP contribution in [0.5, 0.6) is 5.75 Å². The molecule has 1 aromatic heterocycles. The minimum Gasteiger partial charge on any atom is -0.490 e. The van der Waals surface area contributed by atoms with Crippen molar-refractivity contribution in [2.75, 3.05) is 25.5 Å². The number of ether oxygens (including phenoxy) is 1. The summed E-state index contributed by atoms with van der Waals surface area (Å²) in [7, 11) is 2.16. The lowest BCUT2D eigenvalue weighted by Gasteiger charge is -2.30. The Kier molecular flexibility index (Phi) is 9.49. The van der Waals surface area contributed by atoms with Crippen molar-refractivity contribution in [1.29, 1.82) is 0 Å². The Morgan fingerprint density at radius 1 is 1.16 bits per heavy atom. The van der Waals surface area contributed by atoms with E-state index in [1.165, 1.54) is 12.8 Å². The number of nitrogens with one attached hydrogen (secondary N) is 3. The number of halogens is 1. The van der Waals surface area contributed by atoms with Gasteiger partial charge < -0.3 is 25.3 Å². The second-order valence-corrected chi connectivity index (χ2v) is 11.2. The largest absolute Gasteiger partial charge is 0.490 e. The van der Waals surface area contributed by atoms with Crippen LogP contribution in [-0.4, -0.2) is 48.0 Å². The van der Waals surface area contributed by atoms with Gasteiger partial charge in [-0.3, -0.25) is 4.79 Å².